The molecule has 3 aromatic heterocycles. The van der Waals surface area contributed by atoms with E-state index in [9.17, 15) is 8.78 Å². The fraction of sp³-hybridized carbons (Fsp3) is 0.412. The van der Waals surface area contributed by atoms with Crippen LogP contribution < -0.4 is 4.90 Å². The lowest BCUT2D eigenvalue weighted by Gasteiger charge is -2.17. The second kappa shape index (κ2) is 7.19. The molecule has 0 aliphatic heterocycles. The van der Waals surface area contributed by atoms with E-state index in [1.54, 1.807) is 27.5 Å². The highest BCUT2D eigenvalue weighted by molar-refractivity contribution is 5.63. The van der Waals surface area contributed by atoms with Crippen LogP contribution in [0.2, 0.25) is 0 Å². The summed E-state index contributed by atoms with van der Waals surface area (Å²) in [4.78, 5) is 10.2. The molecule has 26 heavy (non-hydrogen) atoms. The zero-order valence-electron chi connectivity index (χ0n) is 15.2. The van der Waals surface area contributed by atoms with Crippen LogP contribution in [0.4, 0.5) is 14.7 Å². The Balaban J connectivity index is 1.99. The molecule has 0 fully saturated rings. The standard InChI is InChI=1S/C17H21F2N7/c1-5-26-11(2)13(9-20-26)14-8-15(16(18)19)22-17(21-14)24(3)10-12-6-7-25(4)23-12/h6-9,16H,5,10H2,1-4H3. The summed E-state index contributed by atoms with van der Waals surface area (Å²) in [7, 11) is 3.58. The fourth-order valence-corrected chi connectivity index (χ4v) is 2.75. The summed E-state index contributed by atoms with van der Waals surface area (Å²) in [5.74, 6) is 0.229. The molecule has 0 spiro atoms. The van der Waals surface area contributed by atoms with E-state index in [4.69, 9.17) is 0 Å². The molecule has 0 atom stereocenters. The lowest BCUT2D eigenvalue weighted by Crippen LogP contribution is -2.20. The van der Waals surface area contributed by atoms with Gasteiger partial charge in [0, 0.05) is 38.1 Å². The van der Waals surface area contributed by atoms with Crippen LogP contribution in [0.15, 0.2) is 24.5 Å². The summed E-state index contributed by atoms with van der Waals surface area (Å²) in [6.07, 6.45) is 0.798. The number of nitrogens with zero attached hydrogens (tertiary/aromatic N) is 7. The van der Waals surface area contributed by atoms with E-state index in [-0.39, 0.29) is 11.6 Å². The highest BCUT2D eigenvalue weighted by Crippen LogP contribution is 2.27. The highest BCUT2D eigenvalue weighted by Gasteiger charge is 2.19. The van der Waals surface area contributed by atoms with Crippen LogP contribution in [0, 0.1) is 6.92 Å². The van der Waals surface area contributed by atoms with Crippen molar-refractivity contribution in [3.63, 3.8) is 0 Å². The van der Waals surface area contributed by atoms with Crippen molar-refractivity contribution in [3.05, 3.63) is 41.6 Å². The Hall–Kier alpha value is -2.84. The summed E-state index contributed by atoms with van der Waals surface area (Å²) in [5, 5.41) is 8.57. The number of hydrogen-bond acceptors (Lipinski definition) is 5. The van der Waals surface area contributed by atoms with Crippen molar-refractivity contribution in [2.45, 2.75) is 33.4 Å². The Kier molecular flexibility index (Phi) is 4.97. The molecule has 0 radical (unpaired) electrons. The van der Waals surface area contributed by atoms with Crippen molar-refractivity contribution >= 4 is 5.95 Å². The van der Waals surface area contributed by atoms with Gasteiger partial charge >= 0.3 is 0 Å². The average molecular weight is 361 g/mol. The van der Waals surface area contributed by atoms with Crippen molar-refractivity contribution < 1.29 is 8.78 Å². The van der Waals surface area contributed by atoms with Crippen LogP contribution in [0.25, 0.3) is 11.3 Å². The van der Waals surface area contributed by atoms with Crippen LogP contribution >= 0.6 is 0 Å². The topological polar surface area (TPSA) is 64.7 Å². The third kappa shape index (κ3) is 3.56. The summed E-state index contributed by atoms with van der Waals surface area (Å²) in [6.45, 7) is 4.99. The van der Waals surface area contributed by atoms with Gasteiger partial charge in [-0.3, -0.25) is 9.36 Å². The van der Waals surface area contributed by atoms with Crippen LogP contribution in [-0.2, 0) is 20.1 Å². The molecule has 0 unspecified atom stereocenters. The summed E-state index contributed by atoms with van der Waals surface area (Å²) in [5.41, 5.74) is 2.54. The zero-order chi connectivity index (χ0) is 18.8. The lowest BCUT2D eigenvalue weighted by atomic mass is 10.1. The smallest absolute Gasteiger partial charge is 0.280 e. The zero-order valence-corrected chi connectivity index (χ0v) is 15.2. The molecule has 0 N–H and O–H groups in total. The summed E-state index contributed by atoms with van der Waals surface area (Å²) in [6, 6.07) is 3.19. The van der Waals surface area contributed by atoms with Gasteiger partial charge in [-0.2, -0.15) is 10.2 Å². The predicted octanol–water partition coefficient (Wildman–Crippen LogP) is 2.98. The minimum Gasteiger partial charge on any atom is -0.338 e. The van der Waals surface area contributed by atoms with Crippen molar-refractivity contribution in [2.24, 2.45) is 7.05 Å². The molecule has 0 amide bonds. The van der Waals surface area contributed by atoms with Gasteiger partial charge in [0.05, 0.1) is 24.1 Å². The Labute approximate surface area is 150 Å². The van der Waals surface area contributed by atoms with Crippen LogP contribution in [-0.4, -0.2) is 36.6 Å². The molecule has 0 bridgehead atoms. The first-order valence-electron chi connectivity index (χ1n) is 8.28. The number of rotatable bonds is 6. The van der Waals surface area contributed by atoms with Crippen molar-refractivity contribution in [1.82, 2.24) is 29.5 Å². The number of hydrogen-bond donors (Lipinski definition) is 0. The first kappa shape index (κ1) is 18.0. The number of alkyl halides is 2. The van der Waals surface area contributed by atoms with E-state index in [0.717, 1.165) is 17.0 Å². The van der Waals surface area contributed by atoms with E-state index >= 15 is 0 Å². The second-order valence-electron chi connectivity index (χ2n) is 6.07. The first-order valence-corrected chi connectivity index (χ1v) is 8.28. The Morgan fingerprint density at radius 1 is 1.27 bits per heavy atom. The molecule has 3 rings (SSSR count). The van der Waals surface area contributed by atoms with Gasteiger partial charge in [-0.15, -0.1) is 0 Å². The monoisotopic (exact) mass is 361 g/mol. The van der Waals surface area contributed by atoms with Crippen molar-refractivity contribution in [1.29, 1.82) is 0 Å². The average Bonchev–Trinajstić information content (AvgIpc) is 3.19. The van der Waals surface area contributed by atoms with E-state index in [1.807, 2.05) is 33.2 Å². The van der Waals surface area contributed by atoms with Gasteiger partial charge < -0.3 is 4.90 Å². The SMILES string of the molecule is CCn1ncc(-c2cc(C(F)F)nc(N(C)Cc3ccn(C)n3)n2)c1C. The number of anilines is 1. The summed E-state index contributed by atoms with van der Waals surface area (Å²) < 4.78 is 30.2. The molecule has 0 saturated carbocycles. The predicted molar refractivity (Wildman–Crippen MR) is 93.9 cm³/mol. The maximum atomic E-state index is 13.4. The van der Waals surface area contributed by atoms with Gasteiger partial charge in [-0.05, 0) is 26.0 Å². The van der Waals surface area contributed by atoms with Crippen LogP contribution in [0.1, 0.15) is 30.4 Å². The molecule has 3 aromatic rings. The lowest BCUT2D eigenvalue weighted by molar-refractivity contribution is 0.146. The first-order chi connectivity index (χ1) is 12.4. The Bertz CT molecular complexity index is 900. The van der Waals surface area contributed by atoms with Gasteiger partial charge in [0.2, 0.25) is 5.95 Å². The maximum Gasteiger partial charge on any atom is 0.280 e. The van der Waals surface area contributed by atoms with Crippen LogP contribution in [0.3, 0.4) is 0 Å². The molecule has 0 aliphatic carbocycles. The van der Waals surface area contributed by atoms with Gasteiger partial charge in [0.15, 0.2) is 0 Å². The largest absolute Gasteiger partial charge is 0.338 e. The van der Waals surface area contributed by atoms with Crippen LogP contribution in [0.5, 0.6) is 0 Å². The molecule has 0 aromatic carbocycles. The molecule has 7 nitrogen and oxygen atoms in total. The molecule has 0 saturated heterocycles. The van der Waals surface area contributed by atoms with Crippen molar-refractivity contribution in [3.8, 4) is 11.3 Å². The van der Waals surface area contributed by atoms with Gasteiger partial charge in [-0.25, -0.2) is 18.7 Å². The molecule has 9 heteroatoms. The molecule has 3 heterocycles. The van der Waals surface area contributed by atoms with Gasteiger partial charge in [-0.1, -0.05) is 0 Å². The normalized spacial score (nSPS) is 11.3. The van der Waals surface area contributed by atoms with E-state index < -0.39 is 6.43 Å². The molecule has 0 aliphatic rings. The third-order valence-corrected chi connectivity index (χ3v) is 4.15. The number of aryl methyl sites for hydroxylation is 2. The quantitative estimate of drug-likeness (QED) is 0.675. The van der Waals surface area contributed by atoms with E-state index in [2.05, 4.69) is 20.2 Å². The molecular formula is C17H21F2N7. The Morgan fingerprint density at radius 2 is 2.04 bits per heavy atom. The molecule has 138 valence electrons. The van der Waals surface area contributed by atoms with Gasteiger partial charge in [0.1, 0.15) is 5.69 Å². The van der Waals surface area contributed by atoms with E-state index in [0.29, 0.717) is 18.8 Å². The number of halogens is 2. The van der Waals surface area contributed by atoms with Gasteiger partial charge in [0.25, 0.3) is 6.43 Å². The second-order valence-corrected chi connectivity index (χ2v) is 6.07. The Morgan fingerprint density at radius 3 is 2.62 bits per heavy atom. The van der Waals surface area contributed by atoms with Crippen molar-refractivity contribution in [2.75, 3.05) is 11.9 Å². The fourth-order valence-electron chi connectivity index (χ4n) is 2.75. The minimum absolute atomic E-state index is 0.229. The minimum atomic E-state index is -2.68. The van der Waals surface area contributed by atoms with E-state index in [1.165, 1.54) is 6.07 Å². The maximum absolute atomic E-state index is 13.4. The summed E-state index contributed by atoms with van der Waals surface area (Å²) >= 11 is 0. The highest BCUT2D eigenvalue weighted by atomic mass is 19.3. The number of aromatic nitrogens is 6. The third-order valence-electron chi connectivity index (χ3n) is 4.15. The molecular weight excluding hydrogens is 340 g/mol.